The van der Waals surface area contributed by atoms with E-state index in [2.05, 4.69) is 10.6 Å². The van der Waals surface area contributed by atoms with Crippen LogP contribution in [0.15, 0.2) is 42.5 Å². The quantitative estimate of drug-likeness (QED) is 0.430. The predicted octanol–water partition coefficient (Wildman–Crippen LogP) is 4.16. The number of nitrogens with zero attached hydrogens (tertiary/aromatic N) is 1. The largest absolute Gasteiger partial charge is 0.444 e. The Kier molecular flexibility index (Phi) is 10.4. The molecule has 2 atom stereocenters. The second kappa shape index (κ2) is 13.1. The lowest BCUT2D eigenvalue weighted by Crippen LogP contribution is -2.53. The van der Waals surface area contributed by atoms with Crippen LogP contribution in [-0.4, -0.2) is 46.9 Å². The van der Waals surface area contributed by atoms with Crippen LogP contribution in [0, 0.1) is 13.8 Å². The van der Waals surface area contributed by atoms with Crippen molar-refractivity contribution in [2.24, 2.45) is 5.73 Å². The van der Waals surface area contributed by atoms with Crippen LogP contribution >= 0.6 is 0 Å². The van der Waals surface area contributed by atoms with E-state index in [-0.39, 0.29) is 6.54 Å². The first-order valence-electron chi connectivity index (χ1n) is 12.8. The van der Waals surface area contributed by atoms with Crippen molar-refractivity contribution in [2.45, 2.75) is 79.0 Å². The van der Waals surface area contributed by atoms with Crippen molar-refractivity contribution in [2.75, 3.05) is 11.9 Å². The maximum Gasteiger partial charge on any atom is 0.408 e. The summed E-state index contributed by atoms with van der Waals surface area (Å²) < 4.78 is 5.28. The number of alkyl carbamates (subject to hydrolysis) is 1. The molecule has 0 saturated carbocycles. The molecule has 2 unspecified atom stereocenters. The van der Waals surface area contributed by atoms with Gasteiger partial charge in [-0.25, -0.2) is 4.79 Å². The first-order valence-corrected chi connectivity index (χ1v) is 12.8. The Bertz CT molecular complexity index is 1130. The molecule has 0 saturated heterocycles. The molecular formula is C29H40N4O5. The van der Waals surface area contributed by atoms with Gasteiger partial charge in [0.1, 0.15) is 17.7 Å². The average Bonchev–Trinajstić information content (AvgIpc) is 2.82. The number of rotatable bonds is 10. The number of hydrogen-bond donors (Lipinski definition) is 3. The van der Waals surface area contributed by atoms with E-state index in [4.69, 9.17) is 10.5 Å². The highest BCUT2D eigenvalue weighted by molar-refractivity contribution is 6.00. The molecule has 206 valence electrons. The minimum absolute atomic E-state index is 0.129. The second-order valence-electron chi connectivity index (χ2n) is 10.2. The predicted molar refractivity (Wildman–Crippen MR) is 147 cm³/mol. The number of nitrogens with one attached hydrogen (secondary N) is 2. The number of benzene rings is 2. The van der Waals surface area contributed by atoms with Gasteiger partial charge in [0.2, 0.25) is 11.8 Å². The summed E-state index contributed by atoms with van der Waals surface area (Å²) in [5.74, 6) is -1.82. The maximum atomic E-state index is 13.8. The number of para-hydroxylation sites is 1. The van der Waals surface area contributed by atoms with Crippen LogP contribution in [-0.2, 0) is 25.5 Å². The molecule has 0 radical (unpaired) electrons. The number of hydrogen-bond acceptors (Lipinski definition) is 5. The van der Waals surface area contributed by atoms with Gasteiger partial charge in [-0.3, -0.25) is 14.4 Å². The first-order chi connectivity index (χ1) is 17.8. The number of likely N-dealkylation sites (N-methyl/N-ethyl adjacent to an activating group) is 1. The number of ether oxygens (including phenoxy) is 1. The Labute approximate surface area is 225 Å². The molecule has 0 spiro atoms. The minimum Gasteiger partial charge on any atom is -0.444 e. The van der Waals surface area contributed by atoms with Gasteiger partial charge in [-0.1, -0.05) is 49.4 Å². The maximum absolute atomic E-state index is 13.8. The van der Waals surface area contributed by atoms with Crippen LogP contribution in [0.1, 0.15) is 69.3 Å². The van der Waals surface area contributed by atoms with Crippen molar-refractivity contribution in [1.82, 2.24) is 10.2 Å². The minimum atomic E-state index is -1.31. The SMILES string of the molecule is CCc1ccc(C(C(=O)Nc2c(C)cccc2C)N(CC)C(=O)C(CC(N)=O)NC(=O)OC(C)(C)C)cc1. The number of carbonyl (C=O) groups excluding carboxylic acids is 4. The van der Waals surface area contributed by atoms with Gasteiger partial charge in [-0.2, -0.15) is 0 Å². The molecule has 0 fully saturated rings. The molecule has 0 aromatic heterocycles. The van der Waals surface area contributed by atoms with E-state index in [0.717, 1.165) is 23.1 Å². The Balaban J connectivity index is 2.51. The van der Waals surface area contributed by atoms with Gasteiger partial charge in [0.25, 0.3) is 5.91 Å². The van der Waals surface area contributed by atoms with Crippen LogP contribution in [0.25, 0.3) is 0 Å². The summed E-state index contributed by atoms with van der Waals surface area (Å²) in [7, 11) is 0. The van der Waals surface area contributed by atoms with Crippen molar-refractivity contribution >= 4 is 29.5 Å². The highest BCUT2D eigenvalue weighted by Gasteiger charge is 2.36. The summed E-state index contributed by atoms with van der Waals surface area (Å²) in [5.41, 5.74) is 8.69. The first kappa shape index (κ1) is 30.3. The van der Waals surface area contributed by atoms with E-state index in [0.29, 0.717) is 11.3 Å². The monoisotopic (exact) mass is 524 g/mol. The van der Waals surface area contributed by atoms with E-state index >= 15 is 0 Å². The smallest absolute Gasteiger partial charge is 0.408 e. The molecule has 4 amide bonds. The molecular weight excluding hydrogens is 484 g/mol. The molecule has 9 nitrogen and oxygen atoms in total. The van der Waals surface area contributed by atoms with Crippen molar-refractivity contribution in [3.8, 4) is 0 Å². The van der Waals surface area contributed by atoms with Gasteiger partial charge in [0, 0.05) is 12.2 Å². The van der Waals surface area contributed by atoms with E-state index in [1.807, 2.05) is 63.2 Å². The number of amides is 4. The molecule has 9 heteroatoms. The Morgan fingerprint density at radius 3 is 2.03 bits per heavy atom. The molecule has 0 aliphatic carbocycles. The molecule has 0 aliphatic rings. The third kappa shape index (κ3) is 8.33. The molecule has 2 aromatic carbocycles. The summed E-state index contributed by atoms with van der Waals surface area (Å²) >= 11 is 0. The molecule has 2 aromatic rings. The summed E-state index contributed by atoms with van der Waals surface area (Å²) in [5, 5.41) is 5.46. The zero-order valence-corrected chi connectivity index (χ0v) is 23.4. The Hall–Kier alpha value is -3.88. The zero-order valence-electron chi connectivity index (χ0n) is 23.4. The number of carbonyl (C=O) groups is 4. The Morgan fingerprint density at radius 1 is 0.974 bits per heavy atom. The normalized spacial score (nSPS) is 12.7. The van der Waals surface area contributed by atoms with Crippen LogP contribution in [0.5, 0.6) is 0 Å². The van der Waals surface area contributed by atoms with E-state index < -0.39 is 47.9 Å². The van der Waals surface area contributed by atoms with Crippen LogP contribution < -0.4 is 16.4 Å². The molecule has 0 heterocycles. The molecule has 4 N–H and O–H groups in total. The zero-order chi connectivity index (χ0) is 28.6. The summed E-state index contributed by atoms with van der Waals surface area (Å²) in [6.07, 6.45) is -0.498. The summed E-state index contributed by atoms with van der Waals surface area (Å²) in [6.45, 7) is 12.7. The molecule has 38 heavy (non-hydrogen) atoms. The van der Waals surface area contributed by atoms with Crippen molar-refractivity contribution < 1.29 is 23.9 Å². The van der Waals surface area contributed by atoms with Gasteiger partial charge < -0.3 is 26.0 Å². The topological polar surface area (TPSA) is 131 Å². The fourth-order valence-electron chi connectivity index (χ4n) is 4.13. The number of anilines is 1. The number of aryl methyl sites for hydroxylation is 3. The lowest BCUT2D eigenvalue weighted by Gasteiger charge is -2.33. The summed E-state index contributed by atoms with van der Waals surface area (Å²) in [6, 6.07) is 10.8. The highest BCUT2D eigenvalue weighted by atomic mass is 16.6. The standard InChI is InChI=1S/C29H40N4O5/c1-8-20-13-15-21(16-14-20)25(26(35)32-24-18(3)11-10-12-19(24)4)33(9-2)27(36)22(17-23(30)34)31-28(37)38-29(5,6)7/h10-16,22,25H,8-9,17H2,1-7H3,(H2,30,34)(H,31,37)(H,32,35). The van der Waals surface area contributed by atoms with Gasteiger partial charge in [0.05, 0.1) is 6.42 Å². The van der Waals surface area contributed by atoms with Gasteiger partial charge >= 0.3 is 6.09 Å². The fourth-order valence-corrected chi connectivity index (χ4v) is 4.13. The third-order valence-corrected chi connectivity index (χ3v) is 6.01. The van der Waals surface area contributed by atoms with E-state index in [1.165, 1.54) is 4.90 Å². The van der Waals surface area contributed by atoms with Crippen molar-refractivity contribution in [3.05, 3.63) is 64.7 Å². The van der Waals surface area contributed by atoms with Crippen molar-refractivity contribution in [1.29, 1.82) is 0 Å². The molecule has 0 bridgehead atoms. The Morgan fingerprint density at radius 2 is 1.55 bits per heavy atom. The van der Waals surface area contributed by atoms with Crippen LogP contribution in [0.3, 0.4) is 0 Å². The lowest BCUT2D eigenvalue weighted by molar-refractivity contribution is -0.141. The highest BCUT2D eigenvalue weighted by Crippen LogP contribution is 2.27. The lowest BCUT2D eigenvalue weighted by atomic mass is 9.99. The van der Waals surface area contributed by atoms with Gasteiger partial charge in [-0.05, 0) is 70.2 Å². The molecule has 0 aliphatic heterocycles. The van der Waals surface area contributed by atoms with Crippen LogP contribution in [0.4, 0.5) is 10.5 Å². The second-order valence-corrected chi connectivity index (χ2v) is 10.2. The third-order valence-electron chi connectivity index (χ3n) is 6.01. The van der Waals surface area contributed by atoms with Crippen LogP contribution in [0.2, 0.25) is 0 Å². The number of primary amides is 1. The average molecular weight is 525 g/mol. The molecule has 2 rings (SSSR count). The summed E-state index contributed by atoms with van der Waals surface area (Å²) in [4.78, 5) is 53.3. The van der Waals surface area contributed by atoms with Crippen molar-refractivity contribution in [3.63, 3.8) is 0 Å². The fraction of sp³-hybridized carbons (Fsp3) is 0.448. The van der Waals surface area contributed by atoms with E-state index in [9.17, 15) is 19.2 Å². The van der Waals surface area contributed by atoms with Gasteiger partial charge in [-0.15, -0.1) is 0 Å². The van der Waals surface area contributed by atoms with E-state index in [1.54, 1.807) is 27.7 Å². The van der Waals surface area contributed by atoms with Gasteiger partial charge in [0.15, 0.2) is 0 Å². The number of nitrogens with two attached hydrogens (primary N) is 1.